The fourth-order valence-electron chi connectivity index (χ4n) is 1.30. The number of halogens is 2. The molecule has 0 spiro atoms. The van der Waals surface area contributed by atoms with Gasteiger partial charge in [-0.15, -0.1) is 0 Å². The number of hydrogen-bond acceptors (Lipinski definition) is 3. The summed E-state index contributed by atoms with van der Waals surface area (Å²) in [6, 6.07) is 3.71. The Hall–Kier alpha value is -1.59. The van der Waals surface area contributed by atoms with Crippen LogP contribution in [0.1, 0.15) is 6.92 Å². The summed E-state index contributed by atoms with van der Waals surface area (Å²) < 4.78 is 23.2. The molecule has 0 unspecified atom stereocenters. The van der Waals surface area contributed by atoms with E-state index in [1.54, 1.807) is 0 Å². The minimum absolute atomic E-state index is 0.127. The van der Waals surface area contributed by atoms with Crippen molar-refractivity contribution in [2.24, 2.45) is 0 Å². The molecule has 1 amide bonds. The molecule has 4 nitrogen and oxygen atoms in total. The largest absolute Gasteiger partial charge is 0.482 e. The molecule has 110 valence electrons. The van der Waals surface area contributed by atoms with Crippen LogP contribution in [0.5, 0.6) is 5.75 Å². The lowest BCUT2D eigenvalue weighted by atomic mass is 10.3. The molecule has 0 bridgehead atoms. The summed E-state index contributed by atoms with van der Waals surface area (Å²) in [5.41, 5.74) is 0.922. The smallest absolute Gasteiger partial charge is 0.258 e. The number of carbonyl (C=O) groups excluding carboxylic acids is 1. The molecule has 0 saturated heterocycles. The molecule has 1 aromatic rings. The van der Waals surface area contributed by atoms with Crippen LogP contribution in [0.2, 0.25) is 5.02 Å². The highest BCUT2D eigenvalue weighted by molar-refractivity contribution is 6.32. The summed E-state index contributed by atoms with van der Waals surface area (Å²) in [5.74, 6) is -0.493. The second-order valence-electron chi connectivity index (χ2n) is 4.22. The average Bonchev–Trinajstić information content (AvgIpc) is 2.37. The van der Waals surface area contributed by atoms with Crippen LogP contribution in [0.3, 0.4) is 0 Å². The van der Waals surface area contributed by atoms with E-state index in [1.165, 1.54) is 12.1 Å². The second-order valence-corrected chi connectivity index (χ2v) is 4.63. The summed E-state index contributed by atoms with van der Waals surface area (Å²) >= 11 is 5.76. The van der Waals surface area contributed by atoms with E-state index in [-0.39, 0.29) is 23.3 Å². The molecule has 0 heterocycles. The van der Waals surface area contributed by atoms with Gasteiger partial charge in [-0.2, -0.15) is 0 Å². The standard InChI is InChI=1S/C14H17ClFNO3/c1-10(2)8-19-6-5-17-14(18)9-20-13-4-3-11(16)7-12(13)15/h3-4,7H,1,5-6,8-9H2,2H3,(H,17,18). The van der Waals surface area contributed by atoms with Crippen LogP contribution in [0.25, 0.3) is 0 Å². The third-order valence-corrected chi connectivity index (χ3v) is 2.47. The zero-order valence-electron chi connectivity index (χ0n) is 11.2. The highest BCUT2D eigenvalue weighted by atomic mass is 35.5. The number of benzene rings is 1. The summed E-state index contributed by atoms with van der Waals surface area (Å²) in [4.78, 5) is 11.5. The van der Waals surface area contributed by atoms with Gasteiger partial charge in [0.1, 0.15) is 11.6 Å². The first kappa shape index (κ1) is 16.5. The van der Waals surface area contributed by atoms with E-state index in [0.717, 1.165) is 11.6 Å². The average molecular weight is 302 g/mol. The lowest BCUT2D eigenvalue weighted by Crippen LogP contribution is -2.31. The molecule has 1 N–H and O–H groups in total. The van der Waals surface area contributed by atoms with Crippen molar-refractivity contribution < 1.29 is 18.7 Å². The maximum atomic E-state index is 12.8. The van der Waals surface area contributed by atoms with Crippen LogP contribution >= 0.6 is 11.6 Å². The summed E-state index contributed by atoms with van der Waals surface area (Å²) in [6.07, 6.45) is 0. The van der Waals surface area contributed by atoms with E-state index < -0.39 is 5.82 Å². The molecule has 0 aliphatic carbocycles. The number of carbonyl (C=O) groups is 1. The predicted molar refractivity (Wildman–Crippen MR) is 75.5 cm³/mol. The first-order chi connectivity index (χ1) is 9.49. The van der Waals surface area contributed by atoms with E-state index in [0.29, 0.717) is 19.8 Å². The summed E-state index contributed by atoms with van der Waals surface area (Å²) in [7, 11) is 0. The maximum absolute atomic E-state index is 12.8. The molecular weight excluding hydrogens is 285 g/mol. The van der Waals surface area contributed by atoms with Crippen LogP contribution < -0.4 is 10.1 Å². The third-order valence-electron chi connectivity index (χ3n) is 2.17. The predicted octanol–water partition coefficient (Wildman–Crippen LogP) is 2.57. The van der Waals surface area contributed by atoms with Crippen LogP contribution in [0.4, 0.5) is 4.39 Å². The second kappa shape index (κ2) is 8.55. The van der Waals surface area contributed by atoms with Gasteiger partial charge in [0.15, 0.2) is 6.61 Å². The van der Waals surface area contributed by atoms with Crippen LogP contribution in [0.15, 0.2) is 30.4 Å². The Labute approximate surface area is 122 Å². The number of nitrogens with one attached hydrogen (secondary N) is 1. The molecule has 6 heteroatoms. The topological polar surface area (TPSA) is 47.6 Å². The Kier molecular flexibility index (Phi) is 7.04. The molecule has 0 atom stereocenters. The van der Waals surface area contributed by atoms with Crippen molar-refractivity contribution in [1.82, 2.24) is 5.32 Å². The number of rotatable bonds is 8. The Morgan fingerprint density at radius 3 is 2.85 bits per heavy atom. The Morgan fingerprint density at radius 2 is 2.20 bits per heavy atom. The fourth-order valence-corrected chi connectivity index (χ4v) is 1.52. The number of amides is 1. The Balaban J connectivity index is 2.21. The molecule has 1 rings (SSSR count). The molecule has 0 aliphatic heterocycles. The van der Waals surface area contributed by atoms with Crippen molar-refractivity contribution in [3.05, 3.63) is 41.2 Å². The van der Waals surface area contributed by atoms with E-state index in [9.17, 15) is 9.18 Å². The van der Waals surface area contributed by atoms with Gasteiger partial charge in [0.05, 0.1) is 18.2 Å². The summed E-state index contributed by atoms with van der Waals surface area (Å²) in [6.45, 7) is 6.62. The Morgan fingerprint density at radius 1 is 1.45 bits per heavy atom. The van der Waals surface area contributed by atoms with Gasteiger partial charge in [-0.3, -0.25) is 4.79 Å². The van der Waals surface area contributed by atoms with Gasteiger partial charge < -0.3 is 14.8 Å². The van der Waals surface area contributed by atoms with E-state index in [4.69, 9.17) is 21.1 Å². The van der Waals surface area contributed by atoms with Gasteiger partial charge in [-0.05, 0) is 25.1 Å². The quantitative estimate of drug-likeness (QED) is 0.593. The molecule has 0 fully saturated rings. The Bertz CT molecular complexity index is 479. The van der Waals surface area contributed by atoms with Gasteiger partial charge in [0.2, 0.25) is 0 Å². The first-order valence-corrected chi connectivity index (χ1v) is 6.43. The van der Waals surface area contributed by atoms with Gasteiger partial charge in [0, 0.05) is 6.54 Å². The number of ether oxygens (including phenoxy) is 2. The highest BCUT2D eigenvalue weighted by Gasteiger charge is 2.06. The monoisotopic (exact) mass is 301 g/mol. The lowest BCUT2D eigenvalue weighted by molar-refractivity contribution is -0.123. The minimum atomic E-state index is -0.457. The zero-order chi connectivity index (χ0) is 15.0. The number of hydrogen-bond donors (Lipinski definition) is 1. The third kappa shape index (κ3) is 6.54. The van der Waals surface area contributed by atoms with Crippen molar-refractivity contribution in [2.45, 2.75) is 6.92 Å². The molecule has 0 aromatic heterocycles. The molecule has 0 aliphatic rings. The normalized spacial score (nSPS) is 10.2. The first-order valence-electron chi connectivity index (χ1n) is 6.05. The molecule has 0 radical (unpaired) electrons. The summed E-state index contributed by atoms with van der Waals surface area (Å²) in [5, 5.41) is 2.75. The van der Waals surface area contributed by atoms with E-state index >= 15 is 0 Å². The molecule has 0 saturated carbocycles. The molecule has 20 heavy (non-hydrogen) atoms. The van der Waals surface area contributed by atoms with Crippen molar-refractivity contribution in [3.8, 4) is 5.75 Å². The van der Waals surface area contributed by atoms with Crippen molar-refractivity contribution in [1.29, 1.82) is 0 Å². The van der Waals surface area contributed by atoms with E-state index in [2.05, 4.69) is 11.9 Å². The fraction of sp³-hybridized carbons (Fsp3) is 0.357. The van der Waals surface area contributed by atoms with Gasteiger partial charge in [-0.1, -0.05) is 23.8 Å². The van der Waals surface area contributed by atoms with Crippen LogP contribution in [0, 0.1) is 5.82 Å². The maximum Gasteiger partial charge on any atom is 0.258 e. The highest BCUT2D eigenvalue weighted by Crippen LogP contribution is 2.24. The van der Waals surface area contributed by atoms with Gasteiger partial charge >= 0.3 is 0 Å². The van der Waals surface area contributed by atoms with Crippen molar-refractivity contribution in [2.75, 3.05) is 26.4 Å². The van der Waals surface area contributed by atoms with Crippen molar-refractivity contribution >= 4 is 17.5 Å². The minimum Gasteiger partial charge on any atom is -0.482 e. The van der Waals surface area contributed by atoms with Crippen LogP contribution in [-0.2, 0) is 9.53 Å². The van der Waals surface area contributed by atoms with Gasteiger partial charge in [0.25, 0.3) is 5.91 Å². The van der Waals surface area contributed by atoms with E-state index in [1.807, 2.05) is 6.92 Å². The van der Waals surface area contributed by atoms with Crippen molar-refractivity contribution in [3.63, 3.8) is 0 Å². The zero-order valence-corrected chi connectivity index (χ0v) is 12.0. The molecular formula is C14H17ClFNO3. The lowest BCUT2D eigenvalue weighted by Gasteiger charge is -2.09. The SMILES string of the molecule is C=C(C)COCCNC(=O)COc1ccc(F)cc1Cl. The van der Waals surface area contributed by atoms with Crippen LogP contribution in [-0.4, -0.2) is 32.3 Å². The molecule has 1 aromatic carbocycles. The van der Waals surface area contributed by atoms with Gasteiger partial charge in [-0.25, -0.2) is 4.39 Å².